The van der Waals surface area contributed by atoms with Gasteiger partial charge in [0, 0.05) is 36.8 Å². The van der Waals surface area contributed by atoms with E-state index in [-0.39, 0.29) is 4.90 Å². The van der Waals surface area contributed by atoms with Gasteiger partial charge in [0.15, 0.2) is 14.7 Å². The highest BCUT2D eigenvalue weighted by Crippen LogP contribution is 2.36. The lowest BCUT2D eigenvalue weighted by atomic mass is 10.3. The quantitative estimate of drug-likeness (QED) is 0.0848. The normalized spacial score (nSPS) is 10.9. The summed E-state index contributed by atoms with van der Waals surface area (Å²) in [7, 11) is -4.73. The Morgan fingerprint density at radius 1 is 0.453 bits per heavy atom. The molecule has 0 spiro atoms. The van der Waals surface area contributed by atoms with Gasteiger partial charge in [0.2, 0.25) is 0 Å². The third-order valence-corrected chi connectivity index (χ3v) is 10.5. The Labute approximate surface area is 312 Å². The zero-order valence-corrected chi connectivity index (χ0v) is 30.1. The van der Waals surface area contributed by atoms with Crippen LogP contribution in [-0.4, -0.2) is 27.9 Å². The Balaban J connectivity index is 0.000000417. The van der Waals surface area contributed by atoms with E-state index in [4.69, 9.17) is 14.2 Å². The lowest BCUT2D eigenvalue weighted by molar-refractivity contribution is 0.300. The van der Waals surface area contributed by atoms with Crippen molar-refractivity contribution in [2.24, 2.45) is 0 Å². The van der Waals surface area contributed by atoms with Gasteiger partial charge >= 0.3 is 0 Å². The number of rotatable bonds is 13. The molecule has 7 rings (SSSR count). The summed E-state index contributed by atoms with van der Waals surface area (Å²) >= 11 is 0. The van der Waals surface area contributed by atoms with Crippen LogP contribution in [0, 0.1) is 0 Å². The van der Waals surface area contributed by atoms with Gasteiger partial charge in [0.05, 0.1) is 32.9 Å². The second-order valence-electron chi connectivity index (χ2n) is 11.3. The molecule has 3 aromatic heterocycles. The predicted molar refractivity (Wildman–Crippen MR) is 202 cm³/mol. The van der Waals surface area contributed by atoms with E-state index in [0.717, 1.165) is 49.0 Å². The van der Waals surface area contributed by atoms with E-state index in [2.05, 4.69) is 51.4 Å². The molecule has 0 saturated heterocycles. The number of pyridine rings is 3. The van der Waals surface area contributed by atoms with Crippen LogP contribution < -0.4 is 14.2 Å². The fourth-order valence-electron chi connectivity index (χ4n) is 4.99. The maximum atomic E-state index is 10.3. The Hall–Kier alpha value is -6.01. The second kappa shape index (κ2) is 18.5. The zero-order valence-electron chi connectivity index (χ0n) is 28.5. The molecular formula is C42H35N3O6S2. The van der Waals surface area contributed by atoms with Crippen LogP contribution in [0.5, 0.6) is 17.2 Å². The maximum Gasteiger partial charge on any atom is 0.170 e. The van der Waals surface area contributed by atoms with Crippen molar-refractivity contribution < 1.29 is 27.2 Å². The number of benzene rings is 4. The zero-order chi connectivity index (χ0) is 36.7. The first kappa shape index (κ1) is 36.8. The number of nitrogens with zero attached hydrogens (tertiary/aromatic N) is 3. The fourth-order valence-corrected chi connectivity index (χ4v) is 7.64. The molecule has 0 aliphatic carbocycles. The van der Waals surface area contributed by atoms with Crippen LogP contribution in [0.1, 0.15) is 17.1 Å². The summed E-state index contributed by atoms with van der Waals surface area (Å²) in [5.41, 5.74) is 2.63. The molecule has 0 aliphatic rings. The van der Waals surface area contributed by atoms with Crippen molar-refractivity contribution in [2.45, 2.75) is 39.4 Å². The van der Waals surface area contributed by atoms with E-state index in [9.17, 15) is 13.0 Å². The predicted octanol–water partition coefficient (Wildman–Crippen LogP) is 8.29. The molecule has 0 radical (unpaired) electrons. The van der Waals surface area contributed by atoms with Crippen LogP contribution in [-0.2, 0) is 40.8 Å². The number of aromatic nitrogens is 3. The first-order chi connectivity index (χ1) is 25.9. The maximum absolute atomic E-state index is 10.3. The lowest BCUT2D eigenvalue weighted by Gasteiger charge is -2.13. The van der Waals surface area contributed by atoms with Crippen molar-refractivity contribution in [2.75, 3.05) is 0 Å². The largest absolute Gasteiger partial charge is 0.744 e. The highest BCUT2D eigenvalue weighted by Gasteiger charge is 2.30. The van der Waals surface area contributed by atoms with Crippen LogP contribution >= 0.6 is 0 Å². The molecule has 0 saturated carbocycles. The van der Waals surface area contributed by atoms with Crippen molar-refractivity contribution in [1.29, 1.82) is 0 Å². The minimum Gasteiger partial charge on any atom is -0.744 e. The first-order valence-corrected chi connectivity index (χ1v) is 19.2. The smallest absolute Gasteiger partial charge is 0.170 e. The molecule has 53 heavy (non-hydrogen) atoms. The van der Waals surface area contributed by atoms with Gasteiger partial charge in [-0.05, 0) is 84.9 Å². The molecule has 266 valence electrons. The van der Waals surface area contributed by atoms with E-state index >= 15 is 0 Å². The molecule has 4 aromatic carbocycles. The third-order valence-electron chi connectivity index (χ3n) is 7.49. The van der Waals surface area contributed by atoms with Gasteiger partial charge in [-0.1, -0.05) is 54.6 Å². The number of hydrogen-bond acceptors (Lipinski definition) is 9. The number of hydrogen-bond donors (Lipinski definition) is 0. The third kappa shape index (κ3) is 11.2. The van der Waals surface area contributed by atoms with Gasteiger partial charge in [-0.25, -0.2) is 8.42 Å². The van der Waals surface area contributed by atoms with Crippen molar-refractivity contribution in [3.63, 3.8) is 0 Å². The standard InChI is InChI=1S/C36H30N3O3S.C6H6O3S/c1-4-19-37-28(10-1)25-40-31-13-7-16-34(22-31)43(35-17-8-14-32(23-35)41-26-29-11-2-5-20-38-29)36-18-9-15-33(24-36)42-27-30-12-3-6-21-39-30;7-10(8,9)6-4-2-1-3-5-6/h1-24H,25-27H2;1-5H,(H,7,8,9)/q+1;/p-1. The monoisotopic (exact) mass is 741 g/mol. The summed E-state index contributed by atoms with van der Waals surface area (Å²) in [6, 6.07) is 49.4. The molecule has 11 heteroatoms. The average molecular weight is 742 g/mol. The Morgan fingerprint density at radius 3 is 1.11 bits per heavy atom. The minimum absolute atomic E-state index is 0.185. The highest BCUT2D eigenvalue weighted by atomic mass is 32.2. The molecule has 7 aromatic rings. The molecule has 9 nitrogen and oxygen atoms in total. The van der Waals surface area contributed by atoms with E-state index in [1.807, 2.05) is 91.0 Å². The van der Waals surface area contributed by atoms with Crippen LogP contribution in [0.25, 0.3) is 0 Å². The molecule has 0 fully saturated rings. The summed E-state index contributed by atoms with van der Waals surface area (Å²) in [4.78, 5) is 16.3. The topological polar surface area (TPSA) is 124 Å². The Morgan fingerprint density at radius 2 is 0.811 bits per heavy atom. The lowest BCUT2D eigenvalue weighted by Crippen LogP contribution is -2.07. The van der Waals surface area contributed by atoms with Gasteiger partial charge in [-0.3, -0.25) is 15.0 Å². The fraction of sp³-hybridized carbons (Fsp3) is 0.0714. The summed E-state index contributed by atoms with van der Waals surface area (Å²) in [6.45, 7) is 1.18. The first-order valence-electron chi connectivity index (χ1n) is 16.5. The van der Waals surface area contributed by atoms with Gasteiger partial charge in [0.1, 0.15) is 47.2 Å². The summed E-state index contributed by atoms with van der Waals surface area (Å²) < 4.78 is 49.3. The van der Waals surface area contributed by atoms with Crippen LogP contribution in [0.4, 0.5) is 0 Å². The van der Waals surface area contributed by atoms with Crippen LogP contribution in [0.3, 0.4) is 0 Å². The van der Waals surface area contributed by atoms with E-state index in [0.29, 0.717) is 19.8 Å². The molecule has 0 unspecified atom stereocenters. The number of ether oxygens (including phenoxy) is 3. The van der Waals surface area contributed by atoms with Crippen LogP contribution in [0.2, 0.25) is 0 Å². The molecule has 0 bridgehead atoms. The summed E-state index contributed by atoms with van der Waals surface area (Å²) in [5, 5.41) is 0. The van der Waals surface area contributed by atoms with E-state index < -0.39 is 21.0 Å². The van der Waals surface area contributed by atoms with Gasteiger partial charge < -0.3 is 18.8 Å². The van der Waals surface area contributed by atoms with Crippen molar-refractivity contribution in [1.82, 2.24) is 15.0 Å². The second-order valence-corrected chi connectivity index (χ2v) is 14.7. The summed E-state index contributed by atoms with van der Waals surface area (Å²) in [6.07, 6.45) is 5.33. The molecule has 0 atom stereocenters. The van der Waals surface area contributed by atoms with E-state index in [1.54, 1.807) is 24.7 Å². The van der Waals surface area contributed by atoms with Gasteiger partial charge in [-0.2, -0.15) is 0 Å². The van der Waals surface area contributed by atoms with E-state index in [1.165, 1.54) is 24.3 Å². The molecule has 0 amide bonds. The highest BCUT2D eigenvalue weighted by molar-refractivity contribution is 7.97. The molecule has 0 aliphatic heterocycles. The van der Waals surface area contributed by atoms with Crippen molar-refractivity contribution in [3.05, 3.63) is 193 Å². The molecule has 3 heterocycles. The van der Waals surface area contributed by atoms with Crippen molar-refractivity contribution in [3.8, 4) is 17.2 Å². The Bertz CT molecular complexity index is 2080. The average Bonchev–Trinajstić information content (AvgIpc) is 3.21. The SMILES string of the molecule is O=S(=O)([O-])c1ccccc1.c1ccc(COc2cccc([S+](c3cccc(OCc4ccccn4)c3)c3cccc(OCc4ccccn4)c3)c2)nc1. The Kier molecular flexibility index (Phi) is 12.8. The van der Waals surface area contributed by atoms with Gasteiger partial charge in [-0.15, -0.1) is 0 Å². The molecule has 0 N–H and O–H groups in total. The molecular weight excluding hydrogens is 707 g/mol. The van der Waals surface area contributed by atoms with Crippen molar-refractivity contribution >= 4 is 21.0 Å². The minimum atomic E-state index is -4.25. The summed E-state index contributed by atoms with van der Waals surface area (Å²) in [5.74, 6) is 2.35. The van der Waals surface area contributed by atoms with Crippen LogP contribution in [0.15, 0.2) is 196 Å². The van der Waals surface area contributed by atoms with Gasteiger partial charge in [0.25, 0.3) is 0 Å².